The van der Waals surface area contributed by atoms with E-state index in [-0.39, 0.29) is 12.4 Å². The third-order valence-corrected chi connectivity index (χ3v) is 4.44. The van der Waals surface area contributed by atoms with Crippen LogP contribution in [0.4, 0.5) is 5.82 Å². The first-order valence-corrected chi connectivity index (χ1v) is 8.43. The van der Waals surface area contributed by atoms with Gasteiger partial charge in [-0.1, -0.05) is 42.5 Å². The van der Waals surface area contributed by atoms with E-state index in [0.717, 1.165) is 39.0 Å². The number of pyridine rings is 1. The zero-order chi connectivity index (χ0) is 17.2. The standard InChI is InChI=1S/C20H19N3O2/c24-12-11-21-9-10-22-20-18-13-5-1-2-6-14(13)19(25)17(18)15-7-3-4-8-16(15)23-20/h1-8,21,24H,9-12H2,(H,22,23). The summed E-state index contributed by atoms with van der Waals surface area (Å²) in [5.74, 6) is 0.795. The fraction of sp³-hybridized carbons (Fsp3) is 0.200. The number of aliphatic hydroxyl groups excluding tert-OH is 1. The molecule has 5 heteroatoms. The minimum absolute atomic E-state index is 0.0608. The number of carbonyl (C=O) groups excluding carboxylic acids is 1. The summed E-state index contributed by atoms with van der Waals surface area (Å²) in [4.78, 5) is 17.7. The molecule has 0 amide bonds. The number of rotatable bonds is 6. The number of ketones is 1. The summed E-state index contributed by atoms with van der Waals surface area (Å²) in [5.41, 5.74) is 4.11. The second-order valence-electron chi connectivity index (χ2n) is 6.00. The maximum Gasteiger partial charge on any atom is 0.195 e. The third-order valence-electron chi connectivity index (χ3n) is 4.44. The molecular weight excluding hydrogens is 314 g/mol. The highest BCUT2D eigenvalue weighted by Gasteiger charge is 2.31. The highest BCUT2D eigenvalue weighted by Crippen LogP contribution is 2.43. The molecular formula is C20H19N3O2. The van der Waals surface area contributed by atoms with Crippen molar-refractivity contribution in [3.05, 3.63) is 59.7 Å². The second-order valence-corrected chi connectivity index (χ2v) is 6.00. The molecule has 1 aliphatic carbocycles. The number of nitrogens with zero attached hydrogens (tertiary/aromatic N) is 1. The van der Waals surface area contributed by atoms with Crippen LogP contribution in [0.15, 0.2) is 48.5 Å². The van der Waals surface area contributed by atoms with Gasteiger partial charge in [-0.05, 0) is 11.6 Å². The van der Waals surface area contributed by atoms with Crippen molar-refractivity contribution in [3.8, 4) is 11.1 Å². The molecule has 0 saturated carbocycles. The molecule has 126 valence electrons. The van der Waals surface area contributed by atoms with Crippen LogP contribution in [-0.2, 0) is 0 Å². The van der Waals surface area contributed by atoms with Gasteiger partial charge in [0.15, 0.2) is 5.78 Å². The number of fused-ring (bicyclic) bond motifs is 5. The van der Waals surface area contributed by atoms with Gasteiger partial charge in [0, 0.05) is 41.7 Å². The SMILES string of the molecule is O=C1c2ccccc2-c2c(NCCNCCO)nc3ccccc3c21. The molecule has 3 N–H and O–H groups in total. The summed E-state index contributed by atoms with van der Waals surface area (Å²) in [5, 5.41) is 16.2. The van der Waals surface area contributed by atoms with Gasteiger partial charge in [0.2, 0.25) is 0 Å². The summed E-state index contributed by atoms with van der Waals surface area (Å²) in [7, 11) is 0. The molecule has 1 aromatic heterocycles. The fourth-order valence-corrected chi connectivity index (χ4v) is 3.35. The first kappa shape index (κ1) is 15.7. The number of anilines is 1. The van der Waals surface area contributed by atoms with Crippen molar-refractivity contribution >= 4 is 22.5 Å². The molecule has 25 heavy (non-hydrogen) atoms. The average molecular weight is 333 g/mol. The van der Waals surface area contributed by atoms with Crippen molar-refractivity contribution in [1.29, 1.82) is 0 Å². The number of benzene rings is 2. The van der Waals surface area contributed by atoms with E-state index in [2.05, 4.69) is 10.6 Å². The molecule has 0 saturated heterocycles. The van der Waals surface area contributed by atoms with Gasteiger partial charge in [0.25, 0.3) is 0 Å². The van der Waals surface area contributed by atoms with Gasteiger partial charge in [-0.15, -0.1) is 0 Å². The van der Waals surface area contributed by atoms with E-state index >= 15 is 0 Å². The van der Waals surface area contributed by atoms with E-state index < -0.39 is 0 Å². The summed E-state index contributed by atoms with van der Waals surface area (Å²) in [6, 6.07) is 15.4. The lowest BCUT2D eigenvalue weighted by Gasteiger charge is -2.13. The quantitative estimate of drug-likeness (QED) is 0.473. The summed E-state index contributed by atoms with van der Waals surface area (Å²) in [6.07, 6.45) is 0. The van der Waals surface area contributed by atoms with E-state index in [1.807, 2.05) is 48.5 Å². The van der Waals surface area contributed by atoms with Crippen molar-refractivity contribution in [2.45, 2.75) is 0 Å². The number of carbonyl (C=O) groups is 1. The highest BCUT2D eigenvalue weighted by molar-refractivity contribution is 6.28. The Morgan fingerprint density at radius 2 is 1.64 bits per heavy atom. The van der Waals surface area contributed by atoms with Crippen LogP contribution in [-0.4, -0.2) is 42.1 Å². The van der Waals surface area contributed by atoms with E-state index in [9.17, 15) is 4.79 Å². The molecule has 0 bridgehead atoms. The number of hydrogen-bond acceptors (Lipinski definition) is 5. The molecule has 1 heterocycles. The van der Waals surface area contributed by atoms with Crippen LogP contribution in [0.25, 0.3) is 22.0 Å². The molecule has 0 fully saturated rings. The van der Waals surface area contributed by atoms with Gasteiger partial charge >= 0.3 is 0 Å². The Hall–Kier alpha value is -2.76. The number of hydrogen-bond donors (Lipinski definition) is 3. The lowest BCUT2D eigenvalue weighted by Crippen LogP contribution is -2.25. The number of aromatic nitrogens is 1. The lowest BCUT2D eigenvalue weighted by atomic mass is 10.0. The Kier molecular flexibility index (Phi) is 4.17. The zero-order valence-electron chi connectivity index (χ0n) is 13.7. The molecule has 0 atom stereocenters. The van der Waals surface area contributed by atoms with Crippen LogP contribution in [0.1, 0.15) is 15.9 Å². The molecule has 0 aliphatic heterocycles. The largest absolute Gasteiger partial charge is 0.395 e. The molecule has 5 nitrogen and oxygen atoms in total. The van der Waals surface area contributed by atoms with Gasteiger partial charge in [0.1, 0.15) is 5.82 Å². The Balaban J connectivity index is 1.80. The van der Waals surface area contributed by atoms with E-state index in [1.54, 1.807) is 0 Å². The number of aliphatic hydroxyl groups is 1. The topological polar surface area (TPSA) is 74.2 Å². The van der Waals surface area contributed by atoms with Crippen LogP contribution < -0.4 is 10.6 Å². The average Bonchev–Trinajstić information content (AvgIpc) is 2.95. The van der Waals surface area contributed by atoms with Crippen LogP contribution in [0, 0.1) is 0 Å². The fourth-order valence-electron chi connectivity index (χ4n) is 3.35. The zero-order valence-corrected chi connectivity index (χ0v) is 13.7. The first-order chi connectivity index (χ1) is 12.3. The Morgan fingerprint density at radius 3 is 2.48 bits per heavy atom. The maximum absolute atomic E-state index is 13.0. The van der Waals surface area contributed by atoms with Gasteiger partial charge in [-0.2, -0.15) is 0 Å². The van der Waals surface area contributed by atoms with Gasteiger partial charge in [0.05, 0.1) is 12.1 Å². The van der Waals surface area contributed by atoms with Crippen LogP contribution in [0.5, 0.6) is 0 Å². The molecule has 0 unspecified atom stereocenters. The second kappa shape index (κ2) is 6.63. The van der Waals surface area contributed by atoms with Gasteiger partial charge in [-0.25, -0.2) is 4.98 Å². The minimum atomic E-state index is 0.0608. The first-order valence-electron chi connectivity index (χ1n) is 8.43. The third kappa shape index (κ3) is 2.67. The Labute approximate surface area is 145 Å². The normalized spacial score (nSPS) is 12.3. The number of nitrogens with one attached hydrogen (secondary N) is 2. The highest BCUT2D eigenvalue weighted by atomic mass is 16.3. The predicted molar refractivity (Wildman–Crippen MR) is 99.1 cm³/mol. The maximum atomic E-state index is 13.0. The van der Waals surface area contributed by atoms with E-state index in [1.165, 1.54) is 0 Å². The number of para-hydroxylation sites is 1. The smallest absolute Gasteiger partial charge is 0.195 e. The molecule has 0 radical (unpaired) electrons. The Bertz CT molecular complexity index is 953. The van der Waals surface area contributed by atoms with Gasteiger partial charge < -0.3 is 15.7 Å². The Morgan fingerprint density at radius 1 is 0.880 bits per heavy atom. The van der Waals surface area contributed by atoms with Crippen LogP contribution >= 0.6 is 0 Å². The van der Waals surface area contributed by atoms with Crippen LogP contribution in [0.2, 0.25) is 0 Å². The lowest BCUT2D eigenvalue weighted by molar-refractivity contribution is 0.104. The van der Waals surface area contributed by atoms with Crippen molar-refractivity contribution in [2.75, 3.05) is 31.6 Å². The molecule has 2 aromatic carbocycles. The van der Waals surface area contributed by atoms with Crippen molar-refractivity contribution in [1.82, 2.24) is 10.3 Å². The van der Waals surface area contributed by atoms with Crippen molar-refractivity contribution in [2.24, 2.45) is 0 Å². The molecule has 3 aromatic rings. The summed E-state index contributed by atoms with van der Waals surface area (Å²) >= 11 is 0. The van der Waals surface area contributed by atoms with Crippen molar-refractivity contribution < 1.29 is 9.90 Å². The van der Waals surface area contributed by atoms with E-state index in [0.29, 0.717) is 19.6 Å². The monoisotopic (exact) mass is 333 g/mol. The molecule has 1 aliphatic rings. The summed E-state index contributed by atoms with van der Waals surface area (Å²) < 4.78 is 0. The minimum Gasteiger partial charge on any atom is -0.395 e. The molecule has 0 spiro atoms. The van der Waals surface area contributed by atoms with E-state index in [4.69, 9.17) is 10.1 Å². The molecule has 4 rings (SSSR count). The van der Waals surface area contributed by atoms with Gasteiger partial charge in [-0.3, -0.25) is 4.79 Å². The summed E-state index contributed by atoms with van der Waals surface area (Å²) in [6.45, 7) is 2.05. The predicted octanol–water partition coefficient (Wildman–Crippen LogP) is 2.44. The van der Waals surface area contributed by atoms with Crippen molar-refractivity contribution in [3.63, 3.8) is 0 Å². The van der Waals surface area contributed by atoms with Crippen LogP contribution in [0.3, 0.4) is 0 Å².